The summed E-state index contributed by atoms with van der Waals surface area (Å²) in [5.41, 5.74) is 3.48. The Morgan fingerprint density at radius 3 is 2.44 bits per heavy atom. The maximum Gasteiger partial charge on any atom is -0.0145 e. The molecule has 34 heavy (non-hydrogen) atoms. The third-order valence-electron chi connectivity index (χ3n) is 14.5. The molecular formula is C34H54. The van der Waals surface area contributed by atoms with Gasteiger partial charge in [-0.1, -0.05) is 66.2 Å². The Balaban J connectivity index is 1.26. The van der Waals surface area contributed by atoms with Gasteiger partial charge >= 0.3 is 0 Å². The van der Waals surface area contributed by atoms with Crippen LogP contribution in [0.5, 0.6) is 0 Å². The predicted octanol–water partition coefficient (Wildman–Crippen LogP) is 10.0. The Morgan fingerprint density at radius 2 is 1.68 bits per heavy atom. The monoisotopic (exact) mass is 462 g/mol. The van der Waals surface area contributed by atoms with Gasteiger partial charge in [0.25, 0.3) is 0 Å². The van der Waals surface area contributed by atoms with Crippen LogP contribution in [0.25, 0.3) is 0 Å². The first-order chi connectivity index (χ1) is 16.0. The lowest BCUT2D eigenvalue weighted by Crippen LogP contribution is -2.53. The summed E-state index contributed by atoms with van der Waals surface area (Å²) in [7, 11) is 0. The van der Waals surface area contributed by atoms with Gasteiger partial charge in [-0.3, -0.25) is 0 Å². The fraction of sp³-hybridized carbons (Fsp3) is 0.882. The SMILES string of the molecule is C=CC(C)(C)CCCC1CCC23C(CCC24C3CCC2C3CC=CCC3(C)CC[C@]24C)C1(C)C. The fourth-order valence-electron chi connectivity index (χ4n) is 12.7. The maximum absolute atomic E-state index is 4.09. The van der Waals surface area contributed by atoms with Gasteiger partial charge in [0.1, 0.15) is 0 Å². The van der Waals surface area contributed by atoms with E-state index in [1.165, 1.54) is 51.4 Å². The second kappa shape index (κ2) is 7.28. The van der Waals surface area contributed by atoms with E-state index in [0.717, 1.165) is 35.0 Å². The molecule has 0 aromatic carbocycles. The Bertz CT molecular complexity index is 874. The lowest BCUT2D eigenvalue weighted by atomic mass is 9.44. The molecule has 6 rings (SSSR count). The maximum atomic E-state index is 4.09. The number of fused-ring (bicyclic) bond motifs is 3. The van der Waals surface area contributed by atoms with Crippen molar-refractivity contribution in [1.82, 2.24) is 0 Å². The summed E-state index contributed by atoms with van der Waals surface area (Å²) >= 11 is 0. The van der Waals surface area contributed by atoms with E-state index in [4.69, 9.17) is 0 Å². The van der Waals surface area contributed by atoms with E-state index in [-0.39, 0.29) is 0 Å². The van der Waals surface area contributed by atoms with Crippen molar-refractivity contribution in [2.24, 2.45) is 62.1 Å². The van der Waals surface area contributed by atoms with Gasteiger partial charge in [0.05, 0.1) is 0 Å². The highest BCUT2D eigenvalue weighted by Gasteiger charge is 2.89. The molecule has 0 bridgehead atoms. The van der Waals surface area contributed by atoms with Gasteiger partial charge in [-0.2, -0.15) is 0 Å². The van der Waals surface area contributed by atoms with E-state index in [0.29, 0.717) is 27.1 Å². The van der Waals surface area contributed by atoms with Crippen molar-refractivity contribution in [2.45, 2.75) is 125 Å². The van der Waals surface area contributed by atoms with E-state index in [1.54, 1.807) is 32.1 Å². The molecule has 0 aromatic rings. The minimum atomic E-state index is 0.302. The summed E-state index contributed by atoms with van der Waals surface area (Å²) in [6.45, 7) is 19.8. The topological polar surface area (TPSA) is 0 Å². The molecule has 0 heteroatoms. The molecule has 0 N–H and O–H groups in total. The van der Waals surface area contributed by atoms with Gasteiger partial charge < -0.3 is 0 Å². The highest BCUT2D eigenvalue weighted by Crippen LogP contribution is 2.95. The first-order valence-electron chi connectivity index (χ1n) is 15.3. The lowest BCUT2D eigenvalue weighted by molar-refractivity contribution is -0.113. The second-order valence-electron chi connectivity index (χ2n) is 16.1. The first-order valence-corrected chi connectivity index (χ1v) is 15.3. The molecule has 0 nitrogen and oxygen atoms in total. The number of allylic oxidation sites excluding steroid dienone is 3. The molecular weight excluding hydrogens is 408 g/mol. The van der Waals surface area contributed by atoms with E-state index in [1.807, 2.05) is 0 Å². The van der Waals surface area contributed by atoms with Gasteiger partial charge in [-0.15, -0.1) is 6.58 Å². The van der Waals surface area contributed by atoms with Crippen LogP contribution in [0.2, 0.25) is 0 Å². The van der Waals surface area contributed by atoms with Crippen LogP contribution in [0.3, 0.4) is 0 Å². The van der Waals surface area contributed by atoms with Crippen molar-refractivity contribution in [1.29, 1.82) is 0 Å². The zero-order chi connectivity index (χ0) is 24.2. The standard InChI is InChI=1S/C34H54/c1-8-29(2,3)18-11-12-24-16-20-33-27(30(24,4)5)17-21-34(33)28(33)15-14-26-25-13-9-10-19-31(25,6)22-23-32(26,34)7/h8-10,24-28H,1,11-23H2,2-7H3/t24?,25?,26?,27?,28?,31?,32-,33?,34?/m1/s1. The average molecular weight is 463 g/mol. The van der Waals surface area contributed by atoms with Gasteiger partial charge in [0.2, 0.25) is 0 Å². The minimum Gasteiger partial charge on any atom is -0.103 e. The Kier molecular flexibility index (Phi) is 5.11. The van der Waals surface area contributed by atoms with E-state index in [9.17, 15) is 0 Å². The first kappa shape index (κ1) is 23.9. The normalized spacial score (nSPS) is 52.6. The van der Waals surface area contributed by atoms with Crippen molar-refractivity contribution in [3.63, 3.8) is 0 Å². The molecule has 5 saturated carbocycles. The zero-order valence-corrected chi connectivity index (χ0v) is 23.5. The predicted molar refractivity (Wildman–Crippen MR) is 145 cm³/mol. The molecule has 190 valence electrons. The Labute approximate surface area is 211 Å². The summed E-state index contributed by atoms with van der Waals surface area (Å²) in [6.07, 6.45) is 26.5. The van der Waals surface area contributed by atoms with E-state index in [2.05, 4.69) is 66.3 Å². The summed E-state index contributed by atoms with van der Waals surface area (Å²) in [6, 6.07) is 0. The second-order valence-corrected chi connectivity index (χ2v) is 16.1. The Hall–Kier alpha value is -0.520. The molecule has 0 aromatic heterocycles. The molecule has 9 atom stereocenters. The summed E-state index contributed by atoms with van der Waals surface area (Å²) in [5.74, 6) is 4.95. The van der Waals surface area contributed by atoms with Crippen LogP contribution in [0.1, 0.15) is 125 Å². The van der Waals surface area contributed by atoms with Crippen LogP contribution >= 0.6 is 0 Å². The van der Waals surface area contributed by atoms with Gasteiger partial charge in [0, 0.05) is 0 Å². The molecule has 0 amide bonds. The quantitative estimate of drug-likeness (QED) is 0.356. The van der Waals surface area contributed by atoms with Crippen LogP contribution in [-0.4, -0.2) is 0 Å². The van der Waals surface area contributed by atoms with Crippen molar-refractivity contribution in [2.75, 3.05) is 0 Å². The molecule has 6 aliphatic rings. The lowest BCUT2D eigenvalue weighted by Gasteiger charge is -2.61. The molecule has 0 heterocycles. The number of rotatable bonds is 5. The molecule has 5 fully saturated rings. The molecule has 0 saturated heterocycles. The van der Waals surface area contributed by atoms with Crippen LogP contribution < -0.4 is 0 Å². The van der Waals surface area contributed by atoms with Crippen LogP contribution in [0.4, 0.5) is 0 Å². The summed E-state index contributed by atoms with van der Waals surface area (Å²) < 4.78 is 0. The highest BCUT2D eigenvalue weighted by atomic mass is 14.9. The molecule has 2 spiro atoms. The molecule has 0 aliphatic heterocycles. The summed E-state index contributed by atoms with van der Waals surface area (Å²) in [5, 5.41) is 0. The molecule has 0 radical (unpaired) electrons. The highest BCUT2D eigenvalue weighted by molar-refractivity contribution is 5.36. The number of hydrogen-bond acceptors (Lipinski definition) is 0. The van der Waals surface area contributed by atoms with E-state index < -0.39 is 0 Å². The third kappa shape index (κ3) is 2.73. The van der Waals surface area contributed by atoms with Crippen LogP contribution in [0, 0.1) is 62.1 Å². The van der Waals surface area contributed by atoms with Crippen molar-refractivity contribution < 1.29 is 0 Å². The van der Waals surface area contributed by atoms with Gasteiger partial charge in [-0.05, 0) is 139 Å². The minimum absolute atomic E-state index is 0.302. The number of hydrogen-bond donors (Lipinski definition) is 0. The van der Waals surface area contributed by atoms with Crippen molar-refractivity contribution >= 4 is 0 Å². The van der Waals surface area contributed by atoms with E-state index >= 15 is 0 Å². The smallest absolute Gasteiger partial charge is 0.0145 e. The third-order valence-corrected chi connectivity index (χ3v) is 14.5. The molecule has 8 unspecified atom stereocenters. The van der Waals surface area contributed by atoms with Crippen molar-refractivity contribution in [3.8, 4) is 0 Å². The van der Waals surface area contributed by atoms with Crippen LogP contribution in [0.15, 0.2) is 24.8 Å². The van der Waals surface area contributed by atoms with Gasteiger partial charge in [0.15, 0.2) is 0 Å². The Morgan fingerprint density at radius 1 is 0.882 bits per heavy atom. The largest absolute Gasteiger partial charge is 0.103 e. The van der Waals surface area contributed by atoms with Crippen molar-refractivity contribution in [3.05, 3.63) is 24.8 Å². The zero-order valence-electron chi connectivity index (χ0n) is 23.5. The fourth-order valence-corrected chi connectivity index (χ4v) is 12.7. The molecule has 6 aliphatic carbocycles. The van der Waals surface area contributed by atoms with Crippen LogP contribution in [-0.2, 0) is 0 Å². The summed E-state index contributed by atoms with van der Waals surface area (Å²) in [4.78, 5) is 0. The van der Waals surface area contributed by atoms with Gasteiger partial charge in [-0.25, -0.2) is 0 Å². The average Bonchev–Trinajstić information content (AvgIpc) is 3.19.